The summed E-state index contributed by atoms with van der Waals surface area (Å²) in [7, 11) is 0. The quantitative estimate of drug-likeness (QED) is 0.875. The first-order valence-electron chi connectivity index (χ1n) is 8.14. The van der Waals surface area contributed by atoms with Crippen molar-refractivity contribution in [2.45, 2.75) is 51.4 Å². The van der Waals surface area contributed by atoms with Crippen molar-refractivity contribution in [3.8, 4) is 0 Å². The number of nitrogens with one attached hydrogen (secondary N) is 1. The third-order valence-corrected chi connectivity index (χ3v) is 4.73. The molecule has 1 aromatic rings. The maximum absolute atomic E-state index is 12.9. The minimum Gasteiger partial charge on any atom is -0.355 e. The van der Waals surface area contributed by atoms with Crippen molar-refractivity contribution in [3.05, 3.63) is 35.4 Å². The Kier molecular flexibility index (Phi) is 5.40. The fraction of sp³-hybridized carbons (Fsp3) is 0.611. The van der Waals surface area contributed by atoms with Gasteiger partial charge in [0, 0.05) is 6.54 Å². The molecule has 0 spiro atoms. The number of aryl methyl sites for hydroxylation is 1. The predicted molar refractivity (Wildman–Crippen MR) is 87.2 cm³/mol. The van der Waals surface area contributed by atoms with Gasteiger partial charge in [-0.15, -0.1) is 0 Å². The Labute approximate surface area is 128 Å². The minimum absolute atomic E-state index is 0.188. The monoisotopic (exact) mass is 288 g/mol. The van der Waals surface area contributed by atoms with Crippen LogP contribution in [0.15, 0.2) is 24.3 Å². The van der Waals surface area contributed by atoms with Gasteiger partial charge in [0.05, 0.1) is 5.41 Å². The first-order chi connectivity index (χ1) is 10.1. The summed E-state index contributed by atoms with van der Waals surface area (Å²) in [6.07, 6.45) is 5.42. The molecule has 1 unspecified atom stereocenters. The summed E-state index contributed by atoms with van der Waals surface area (Å²) in [6.45, 7) is 5.44. The molecule has 1 saturated carbocycles. The van der Waals surface area contributed by atoms with E-state index in [2.05, 4.69) is 43.4 Å². The van der Waals surface area contributed by atoms with Crippen molar-refractivity contribution in [3.63, 3.8) is 0 Å². The van der Waals surface area contributed by atoms with E-state index in [-0.39, 0.29) is 11.3 Å². The first kappa shape index (κ1) is 16.0. The van der Waals surface area contributed by atoms with Gasteiger partial charge in [0.1, 0.15) is 0 Å². The van der Waals surface area contributed by atoms with Crippen LogP contribution < -0.4 is 11.1 Å². The summed E-state index contributed by atoms with van der Waals surface area (Å²) in [5, 5.41) is 3.14. The summed E-state index contributed by atoms with van der Waals surface area (Å²) < 4.78 is 0. The van der Waals surface area contributed by atoms with E-state index >= 15 is 0 Å². The van der Waals surface area contributed by atoms with Crippen molar-refractivity contribution in [2.75, 3.05) is 13.1 Å². The maximum Gasteiger partial charge on any atom is 0.230 e. The Bertz CT molecular complexity index is 478. The van der Waals surface area contributed by atoms with E-state index in [1.807, 2.05) is 0 Å². The number of hydrogen-bond acceptors (Lipinski definition) is 2. The highest BCUT2D eigenvalue weighted by Gasteiger charge is 2.40. The van der Waals surface area contributed by atoms with Crippen molar-refractivity contribution in [1.29, 1.82) is 0 Å². The Hall–Kier alpha value is -1.35. The van der Waals surface area contributed by atoms with E-state index < -0.39 is 0 Å². The van der Waals surface area contributed by atoms with Crippen molar-refractivity contribution >= 4 is 5.91 Å². The SMILES string of the molecule is Cc1cccc(C2(C(=O)NCC(C)CN)CCCCC2)c1. The zero-order valence-corrected chi connectivity index (χ0v) is 13.3. The van der Waals surface area contributed by atoms with Gasteiger partial charge in [-0.05, 0) is 37.8 Å². The highest BCUT2D eigenvalue weighted by atomic mass is 16.2. The van der Waals surface area contributed by atoms with Crippen LogP contribution in [0.1, 0.15) is 50.2 Å². The minimum atomic E-state index is -0.335. The van der Waals surface area contributed by atoms with Crippen LogP contribution in [-0.2, 0) is 10.2 Å². The molecule has 1 aromatic carbocycles. The first-order valence-corrected chi connectivity index (χ1v) is 8.14. The summed E-state index contributed by atoms with van der Waals surface area (Å²) >= 11 is 0. The molecule has 0 saturated heterocycles. The van der Waals surface area contributed by atoms with Gasteiger partial charge in [-0.3, -0.25) is 4.79 Å². The molecule has 116 valence electrons. The number of hydrogen-bond donors (Lipinski definition) is 2. The van der Waals surface area contributed by atoms with Crippen molar-refractivity contribution in [2.24, 2.45) is 11.7 Å². The van der Waals surface area contributed by atoms with Crippen LogP contribution in [0.2, 0.25) is 0 Å². The van der Waals surface area contributed by atoms with Gasteiger partial charge in [0.25, 0.3) is 0 Å². The van der Waals surface area contributed by atoms with Crippen LogP contribution >= 0.6 is 0 Å². The standard InChI is InChI=1S/C18H28N2O/c1-14-7-6-8-16(11-14)18(9-4-3-5-10-18)17(21)20-13-15(2)12-19/h6-8,11,15H,3-5,9-10,12-13,19H2,1-2H3,(H,20,21). The zero-order valence-electron chi connectivity index (χ0n) is 13.3. The van der Waals surface area contributed by atoms with E-state index in [0.29, 0.717) is 19.0 Å². The number of carbonyl (C=O) groups is 1. The van der Waals surface area contributed by atoms with Gasteiger partial charge in [-0.25, -0.2) is 0 Å². The second-order valence-corrected chi connectivity index (χ2v) is 6.56. The number of benzene rings is 1. The summed E-state index contributed by atoms with van der Waals surface area (Å²) in [4.78, 5) is 12.9. The molecule has 0 heterocycles. The zero-order chi connectivity index (χ0) is 15.3. The van der Waals surface area contributed by atoms with E-state index in [0.717, 1.165) is 25.7 Å². The Morgan fingerprint density at radius 2 is 2.05 bits per heavy atom. The molecule has 1 aliphatic carbocycles. The number of carbonyl (C=O) groups excluding carboxylic acids is 1. The molecule has 3 N–H and O–H groups in total. The lowest BCUT2D eigenvalue weighted by Crippen LogP contribution is -2.47. The van der Waals surface area contributed by atoms with Crippen LogP contribution in [-0.4, -0.2) is 19.0 Å². The molecule has 21 heavy (non-hydrogen) atoms. The van der Waals surface area contributed by atoms with Gasteiger partial charge in [-0.1, -0.05) is 56.0 Å². The molecular formula is C18H28N2O. The fourth-order valence-corrected chi connectivity index (χ4v) is 3.26. The molecule has 3 nitrogen and oxygen atoms in total. The van der Waals surface area contributed by atoms with E-state index in [9.17, 15) is 4.79 Å². The van der Waals surface area contributed by atoms with Gasteiger partial charge >= 0.3 is 0 Å². The van der Waals surface area contributed by atoms with E-state index in [4.69, 9.17) is 5.73 Å². The largest absolute Gasteiger partial charge is 0.355 e. The molecular weight excluding hydrogens is 260 g/mol. The molecule has 1 atom stereocenters. The summed E-state index contributed by atoms with van der Waals surface area (Å²) in [5.74, 6) is 0.514. The Morgan fingerprint density at radius 1 is 1.33 bits per heavy atom. The molecule has 0 aromatic heterocycles. The summed E-state index contributed by atoms with van der Waals surface area (Å²) in [6, 6.07) is 8.45. The molecule has 2 rings (SSSR count). The fourth-order valence-electron chi connectivity index (χ4n) is 3.26. The summed E-state index contributed by atoms with van der Waals surface area (Å²) in [5.41, 5.74) is 7.72. The smallest absolute Gasteiger partial charge is 0.230 e. The van der Waals surface area contributed by atoms with Crippen LogP contribution in [0.25, 0.3) is 0 Å². The number of nitrogens with two attached hydrogens (primary N) is 1. The molecule has 0 bridgehead atoms. The average Bonchev–Trinajstić information content (AvgIpc) is 2.52. The Morgan fingerprint density at radius 3 is 2.67 bits per heavy atom. The molecule has 1 amide bonds. The van der Waals surface area contributed by atoms with Gasteiger partial charge in [0.15, 0.2) is 0 Å². The Balaban J connectivity index is 2.22. The lowest BCUT2D eigenvalue weighted by Gasteiger charge is -2.37. The second kappa shape index (κ2) is 7.08. The molecule has 0 aliphatic heterocycles. The number of rotatable bonds is 5. The van der Waals surface area contributed by atoms with Crippen molar-refractivity contribution < 1.29 is 4.79 Å². The second-order valence-electron chi connectivity index (χ2n) is 6.56. The van der Waals surface area contributed by atoms with Gasteiger partial charge in [0.2, 0.25) is 5.91 Å². The molecule has 1 aliphatic rings. The third kappa shape index (κ3) is 3.65. The van der Waals surface area contributed by atoms with Crippen LogP contribution in [0, 0.1) is 12.8 Å². The normalized spacial score (nSPS) is 19.0. The van der Waals surface area contributed by atoms with Gasteiger partial charge in [-0.2, -0.15) is 0 Å². The van der Waals surface area contributed by atoms with Gasteiger partial charge < -0.3 is 11.1 Å². The molecule has 1 fully saturated rings. The van der Waals surface area contributed by atoms with Crippen LogP contribution in [0.3, 0.4) is 0 Å². The van der Waals surface area contributed by atoms with E-state index in [1.165, 1.54) is 17.5 Å². The molecule has 0 radical (unpaired) electrons. The highest BCUT2D eigenvalue weighted by molar-refractivity contribution is 5.88. The lowest BCUT2D eigenvalue weighted by atomic mass is 9.68. The van der Waals surface area contributed by atoms with Crippen LogP contribution in [0.4, 0.5) is 0 Å². The highest BCUT2D eigenvalue weighted by Crippen LogP contribution is 2.40. The maximum atomic E-state index is 12.9. The third-order valence-electron chi connectivity index (χ3n) is 4.73. The van der Waals surface area contributed by atoms with E-state index in [1.54, 1.807) is 0 Å². The molecule has 3 heteroatoms. The predicted octanol–water partition coefficient (Wildman–Crippen LogP) is 2.91. The van der Waals surface area contributed by atoms with Crippen LogP contribution in [0.5, 0.6) is 0 Å². The lowest BCUT2D eigenvalue weighted by molar-refractivity contribution is -0.128. The number of amides is 1. The average molecular weight is 288 g/mol. The topological polar surface area (TPSA) is 55.1 Å². The van der Waals surface area contributed by atoms with Crippen molar-refractivity contribution in [1.82, 2.24) is 5.32 Å².